The highest BCUT2D eigenvalue weighted by molar-refractivity contribution is 6.07. The molecule has 3 N–H and O–H groups in total. The Morgan fingerprint density at radius 1 is 1.04 bits per heavy atom. The quantitative estimate of drug-likeness (QED) is 0.770. The highest BCUT2D eigenvalue weighted by Crippen LogP contribution is 2.21. The first-order valence-electron chi connectivity index (χ1n) is 7.99. The third-order valence-corrected chi connectivity index (χ3v) is 4.03. The van der Waals surface area contributed by atoms with Crippen molar-refractivity contribution in [2.24, 2.45) is 5.73 Å². The van der Waals surface area contributed by atoms with Gasteiger partial charge in [0.25, 0.3) is 5.91 Å². The van der Waals surface area contributed by atoms with Crippen LogP contribution in [0.25, 0.3) is 10.9 Å². The average molecular weight is 333 g/mol. The van der Waals surface area contributed by atoms with E-state index in [0.717, 1.165) is 22.2 Å². The van der Waals surface area contributed by atoms with Gasteiger partial charge in [-0.3, -0.25) is 14.6 Å². The summed E-state index contributed by atoms with van der Waals surface area (Å²) in [5.41, 5.74) is 9.13. The summed E-state index contributed by atoms with van der Waals surface area (Å²) in [6.45, 7) is 3.79. The number of rotatable bonds is 4. The number of carbonyl (C=O) groups excluding carboxylic acids is 2. The Morgan fingerprint density at radius 2 is 1.76 bits per heavy atom. The molecule has 1 atom stereocenters. The summed E-state index contributed by atoms with van der Waals surface area (Å²) in [6.07, 6.45) is 0. The van der Waals surface area contributed by atoms with Gasteiger partial charge in [-0.1, -0.05) is 42.0 Å². The van der Waals surface area contributed by atoms with Crippen LogP contribution in [0.1, 0.15) is 33.2 Å². The molecule has 0 aliphatic heterocycles. The van der Waals surface area contributed by atoms with E-state index in [-0.39, 0.29) is 5.91 Å². The molecule has 0 aliphatic carbocycles. The van der Waals surface area contributed by atoms with Crippen LogP contribution in [-0.4, -0.2) is 16.8 Å². The van der Waals surface area contributed by atoms with Gasteiger partial charge >= 0.3 is 0 Å². The topological polar surface area (TPSA) is 85.1 Å². The number of aryl methyl sites for hydroxylation is 2. The fourth-order valence-electron chi connectivity index (χ4n) is 2.83. The number of carbonyl (C=O) groups is 2. The van der Waals surface area contributed by atoms with Gasteiger partial charge in [0, 0.05) is 11.1 Å². The minimum Gasteiger partial charge on any atom is -0.368 e. The molecular formula is C20H19N3O2. The summed E-state index contributed by atoms with van der Waals surface area (Å²) in [6, 6.07) is 15.5. The van der Waals surface area contributed by atoms with Gasteiger partial charge in [0.05, 0.1) is 11.1 Å². The van der Waals surface area contributed by atoms with E-state index in [0.29, 0.717) is 11.1 Å². The van der Waals surface area contributed by atoms with Gasteiger partial charge in [-0.15, -0.1) is 0 Å². The highest BCUT2D eigenvalue weighted by Gasteiger charge is 2.22. The SMILES string of the molecule is Cc1ccc2nc(C)cc(C(=O)NC(C(N)=O)c3ccccc3)c2c1. The van der Waals surface area contributed by atoms with Crippen molar-refractivity contribution in [2.45, 2.75) is 19.9 Å². The fraction of sp³-hybridized carbons (Fsp3) is 0.150. The van der Waals surface area contributed by atoms with Crippen molar-refractivity contribution in [1.29, 1.82) is 0 Å². The van der Waals surface area contributed by atoms with Crippen LogP contribution in [0.5, 0.6) is 0 Å². The number of hydrogen-bond acceptors (Lipinski definition) is 3. The number of nitrogens with one attached hydrogen (secondary N) is 1. The van der Waals surface area contributed by atoms with Crippen molar-refractivity contribution < 1.29 is 9.59 Å². The first kappa shape index (κ1) is 16.6. The zero-order chi connectivity index (χ0) is 18.0. The van der Waals surface area contributed by atoms with Crippen LogP contribution in [-0.2, 0) is 4.79 Å². The molecule has 0 aliphatic rings. The summed E-state index contributed by atoms with van der Waals surface area (Å²) in [5.74, 6) is -0.959. The third-order valence-electron chi connectivity index (χ3n) is 4.03. The van der Waals surface area contributed by atoms with Crippen LogP contribution in [0.4, 0.5) is 0 Å². The molecule has 5 heteroatoms. The standard InChI is InChI=1S/C20H19N3O2/c1-12-8-9-17-15(10-12)16(11-13(2)22-17)20(25)23-18(19(21)24)14-6-4-3-5-7-14/h3-11,18H,1-2H3,(H2,21,24)(H,23,25). The van der Waals surface area contributed by atoms with Crippen LogP contribution < -0.4 is 11.1 Å². The number of amides is 2. The van der Waals surface area contributed by atoms with Gasteiger partial charge in [0.1, 0.15) is 6.04 Å². The molecule has 1 unspecified atom stereocenters. The van der Waals surface area contributed by atoms with Gasteiger partial charge in [0.2, 0.25) is 5.91 Å². The number of pyridine rings is 1. The third kappa shape index (κ3) is 3.50. The lowest BCUT2D eigenvalue weighted by atomic mass is 10.0. The minimum absolute atomic E-state index is 0.353. The van der Waals surface area contributed by atoms with E-state index < -0.39 is 11.9 Å². The van der Waals surface area contributed by atoms with E-state index in [9.17, 15) is 9.59 Å². The van der Waals surface area contributed by atoms with E-state index in [2.05, 4.69) is 10.3 Å². The minimum atomic E-state index is -0.887. The molecule has 0 fully saturated rings. The van der Waals surface area contributed by atoms with Gasteiger partial charge in [-0.05, 0) is 37.6 Å². The number of nitrogens with two attached hydrogens (primary N) is 1. The zero-order valence-electron chi connectivity index (χ0n) is 14.1. The molecule has 0 bridgehead atoms. The molecule has 1 aromatic heterocycles. The normalized spacial score (nSPS) is 11.9. The fourth-order valence-corrected chi connectivity index (χ4v) is 2.83. The van der Waals surface area contributed by atoms with E-state index >= 15 is 0 Å². The number of benzene rings is 2. The van der Waals surface area contributed by atoms with Gasteiger partial charge in [-0.2, -0.15) is 0 Å². The molecule has 5 nitrogen and oxygen atoms in total. The Kier molecular flexibility index (Phi) is 4.48. The maximum Gasteiger partial charge on any atom is 0.252 e. The Morgan fingerprint density at radius 3 is 2.44 bits per heavy atom. The molecule has 126 valence electrons. The van der Waals surface area contributed by atoms with E-state index in [1.165, 1.54) is 0 Å². The van der Waals surface area contributed by atoms with Gasteiger partial charge in [-0.25, -0.2) is 0 Å². The lowest BCUT2D eigenvalue weighted by molar-refractivity contribution is -0.120. The smallest absolute Gasteiger partial charge is 0.252 e. The molecule has 2 aromatic carbocycles. The Labute approximate surface area is 145 Å². The summed E-state index contributed by atoms with van der Waals surface area (Å²) >= 11 is 0. The predicted molar refractivity (Wildman–Crippen MR) is 97.1 cm³/mol. The number of aromatic nitrogens is 1. The Hall–Kier alpha value is -3.21. The van der Waals surface area contributed by atoms with Crippen LogP contribution in [0.15, 0.2) is 54.6 Å². The average Bonchev–Trinajstić information content (AvgIpc) is 2.59. The van der Waals surface area contributed by atoms with Crippen LogP contribution in [0.3, 0.4) is 0 Å². The summed E-state index contributed by atoms with van der Waals surface area (Å²) in [5, 5.41) is 3.50. The number of nitrogens with zero attached hydrogens (tertiary/aromatic N) is 1. The maximum absolute atomic E-state index is 12.9. The summed E-state index contributed by atoms with van der Waals surface area (Å²) in [4.78, 5) is 29.2. The second-order valence-corrected chi connectivity index (χ2v) is 6.05. The van der Waals surface area contributed by atoms with Crippen molar-refractivity contribution in [2.75, 3.05) is 0 Å². The monoisotopic (exact) mass is 333 g/mol. The maximum atomic E-state index is 12.9. The van der Waals surface area contributed by atoms with E-state index in [1.54, 1.807) is 30.3 Å². The molecule has 0 spiro atoms. The van der Waals surface area contributed by atoms with Crippen LogP contribution >= 0.6 is 0 Å². The largest absolute Gasteiger partial charge is 0.368 e. The predicted octanol–water partition coefficient (Wildman–Crippen LogP) is 2.81. The van der Waals surface area contributed by atoms with E-state index in [1.807, 2.05) is 38.1 Å². The second kappa shape index (κ2) is 6.73. The zero-order valence-corrected chi connectivity index (χ0v) is 14.1. The Bertz CT molecular complexity index is 952. The van der Waals surface area contributed by atoms with Crippen molar-refractivity contribution in [3.05, 3.63) is 77.0 Å². The molecule has 3 rings (SSSR count). The highest BCUT2D eigenvalue weighted by atomic mass is 16.2. The molecule has 0 saturated carbocycles. The summed E-state index contributed by atoms with van der Waals surface area (Å²) in [7, 11) is 0. The van der Waals surface area contributed by atoms with E-state index in [4.69, 9.17) is 5.73 Å². The van der Waals surface area contributed by atoms with Crippen molar-refractivity contribution in [3.8, 4) is 0 Å². The second-order valence-electron chi connectivity index (χ2n) is 6.05. The molecule has 25 heavy (non-hydrogen) atoms. The molecule has 0 radical (unpaired) electrons. The van der Waals surface area contributed by atoms with Crippen molar-refractivity contribution in [3.63, 3.8) is 0 Å². The Balaban J connectivity index is 2.01. The first-order valence-corrected chi connectivity index (χ1v) is 7.99. The van der Waals surface area contributed by atoms with Crippen LogP contribution in [0, 0.1) is 13.8 Å². The number of fused-ring (bicyclic) bond motifs is 1. The summed E-state index contributed by atoms with van der Waals surface area (Å²) < 4.78 is 0. The molecule has 1 heterocycles. The van der Waals surface area contributed by atoms with Gasteiger partial charge in [0.15, 0.2) is 0 Å². The number of primary amides is 1. The van der Waals surface area contributed by atoms with Crippen molar-refractivity contribution >= 4 is 22.7 Å². The lowest BCUT2D eigenvalue weighted by Gasteiger charge is -2.17. The molecule has 3 aromatic rings. The molecule has 2 amide bonds. The first-order chi connectivity index (χ1) is 12.0. The molecule has 0 saturated heterocycles. The van der Waals surface area contributed by atoms with Crippen molar-refractivity contribution in [1.82, 2.24) is 10.3 Å². The van der Waals surface area contributed by atoms with Gasteiger partial charge < -0.3 is 11.1 Å². The molecular weight excluding hydrogens is 314 g/mol. The lowest BCUT2D eigenvalue weighted by Crippen LogP contribution is -2.37. The van der Waals surface area contributed by atoms with Crippen LogP contribution in [0.2, 0.25) is 0 Å². The number of hydrogen-bond donors (Lipinski definition) is 2.